The monoisotopic (exact) mass is 419 g/mol. The van der Waals surface area contributed by atoms with E-state index in [-0.39, 0.29) is 23.4 Å². The highest BCUT2D eigenvalue weighted by Crippen LogP contribution is 2.31. The normalized spacial score (nSPS) is 17.1. The highest BCUT2D eigenvalue weighted by Gasteiger charge is 2.29. The number of pyridine rings is 1. The maximum Gasteiger partial charge on any atom is 0.228 e. The maximum absolute atomic E-state index is 13.2. The van der Waals surface area contributed by atoms with Crippen LogP contribution < -0.4 is 5.32 Å². The molecule has 1 aliphatic heterocycles. The fourth-order valence-corrected chi connectivity index (χ4v) is 3.91. The van der Waals surface area contributed by atoms with Crippen LogP contribution in [0.25, 0.3) is 11.0 Å². The maximum atomic E-state index is 13.2. The molecular formula is C24H25N3O4. The van der Waals surface area contributed by atoms with Crippen molar-refractivity contribution in [3.63, 3.8) is 0 Å². The van der Waals surface area contributed by atoms with Gasteiger partial charge in [0, 0.05) is 48.4 Å². The summed E-state index contributed by atoms with van der Waals surface area (Å²) in [7, 11) is 0. The highest BCUT2D eigenvalue weighted by molar-refractivity contribution is 6.10. The van der Waals surface area contributed by atoms with Crippen molar-refractivity contribution in [2.24, 2.45) is 5.92 Å². The summed E-state index contributed by atoms with van der Waals surface area (Å²) in [5.41, 5.74) is 3.55. The van der Waals surface area contributed by atoms with Crippen molar-refractivity contribution in [1.29, 1.82) is 0 Å². The molecule has 160 valence electrons. The van der Waals surface area contributed by atoms with Gasteiger partial charge in [0.05, 0.1) is 18.9 Å². The van der Waals surface area contributed by atoms with E-state index < -0.39 is 0 Å². The number of benzene rings is 1. The number of nitrogens with zero attached hydrogens (tertiary/aromatic N) is 2. The predicted octanol–water partition coefficient (Wildman–Crippen LogP) is 3.55. The second-order valence-corrected chi connectivity index (χ2v) is 8.28. The Morgan fingerprint density at radius 2 is 2.00 bits per heavy atom. The standard InChI is InChI=1S/C24H25N3O4/c1-15-23-20(18(13-25-15)14-27-7-9-30-10-8-27)12-21(31-23)22(28)17-3-2-4-19(11-17)26-24(29)16-5-6-16/h2-4,11-13,16H,5-10,14H2,1H3,(H,26,29). The minimum atomic E-state index is -0.213. The lowest BCUT2D eigenvalue weighted by atomic mass is 10.1. The number of aryl methyl sites for hydroxylation is 1. The largest absolute Gasteiger partial charge is 0.451 e. The molecule has 1 saturated carbocycles. The Morgan fingerprint density at radius 3 is 2.77 bits per heavy atom. The number of hydrogen-bond acceptors (Lipinski definition) is 6. The van der Waals surface area contributed by atoms with Gasteiger partial charge in [-0.25, -0.2) is 0 Å². The molecule has 7 heteroatoms. The van der Waals surface area contributed by atoms with Crippen LogP contribution in [0.15, 0.2) is 40.9 Å². The van der Waals surface area contributed by atoms with Crippen LogP contribution in [0.5, 0.6) is 0 Å². The smallest absolute Gasteiger partial charge is 0.228 e. The zero-order valence-electron chi connectivity index (χ0n) is 17.5. The van der Waals surface area contributed by atoms with Gasteiger partial charge in [-0.05, 0) is 43.5 Å². The second-order valence-electron chi connectivity index (χ2n) is 8.28. The van der Waals surface area contributed by atoms with Crippen molar-refractivity contribution < 1.29 is 18.7 Å². The number of carbonyl (C=O) groups is 2. The number of ether oxygens (including phenoxy) is 1. The van der Waals surface area contributed by atoms with Gasteiger partial charge in [-0.3, -0.25) is 19.5 Å². The summed E-state index contributed by atoms with van der Waals surface area (Å²) < 4.78 is 11.4. The first-order valence-corrected chi connectivity index (χ1v) is 10.7. The molecule has 0 unspecified atom stereocenters. The van der Waals surface area contributed by atoms with E-state index >= 15 is 0 Å². The molecular weight excluding hydrogens is 394 g/mol. The molecule has 0 bridgehead atoms. The molecule has 1 amide bonds. The number of furan rings is 1. The van der Waals surface area contributed by atoms with Crippen LogP contribution >= 0.6 is 0 Å². The van der Waals surface area contributed by atoms with Crippen molar-refractivity contribution in [2.75, 3.05) is 31.6 Å². The summed E-state index contributed by atoms with van der Waals surface area (Å²) in [4.78, 5) is 32.0. The summed E-state index contributed by atoms with van der Waals surface area (Å²) in [6.45, 7) is 5.82. The summed E-state index contributed by atoms with van der Waals surface area (Å²) in [5.74, 6) is 0.188. The minimum absolute atomic E-state index is 0.0165. The summed E-state index contributed by atoms with van der Waals surface area (Å²) >= 11 is 0. The third-order valence-electron chi connectivity index (χ3n) is 5.88. The van der Waals surface area contributed by atoms with Crippen LogP contribution in [0, 0.1) is 12.8 Å². The van der Waals surface area contributed by atoms with E-state index in [0.29, 0.717) is 16.8 Å². The number of carbonyl (C=O) groups excluding carboxylic acids is 2. The lowest BCUT2D eigenvalue weighted by Gasteiger charge is -2.26. The number of ketones is 1. The molecule has 1 saturated heterocycles. The lowest BCUT2D eigenvalue weighted by molar-refractivity contribution is -0.117. The first-order valence-electron chi connectivity index (χ1n) is 10.7. The van der Waals surface area contributed by atoms with Gasteiger partial charge in [0.1, 0.15) is 0 Å². The van der Waals surface area contributed by atoms with Crippen molar-refractivity contribution >= 4 is 28.3 Å². The number of rotatable bonds is 6. The molecule has 2 aliphatic rings. The first kappa shape index (κ1) is 19.9. The molecule has 1 N–H and O–H groups in total. The topological polar surface area (TPSA) is 84.7 Å². The molecule has 0 radical (unpaired) electrons. The quantitative estimate of drug-likeness (QED) is 0.615. The number of aromatic nitrogens is 1. The van der Waals surface area contributed by atoms with E-state index in [1.54, 1.807) is 24.3 Å². The summed E-state index contributed by atoms with van der Waals surface area (Å²) in [5, 5.41) is 3.81. The summed E-state index contributed by atoms with van der Waals surface area (Å²) in [6.07, 6.45) is 3.73. The average Bonchev–Trinajstić information content (AvgIpc) is 3.54. The van der Waals surface area contributed by atoms with Crippen LogP contribution in [0.4, 0.5) is 5.69 Å². The third kappa shape index (κ3) is 4.24. The Labute approximate surface area is 180 Å². The summed E-state index contributed by atoms with van der Waals surface area (Å²) in [6, 6.07) is 8.83. The van der Waals surface area contributed by atoms with E-state index in [9.17, 15) is 9.59 Å². The molecule has 0 spiro atoms. The number of anilines is 1. The molecule has 3 aromatic rings. The molecule has 0 atom stereocenters. The van der Waals surface area contributed by atoms with Crippen LogP contribution in [0.2, 0.25) is 0 Å². The molecule has 3 heterocycles. The Morgan fingerprint density at radius 1 is 1.19 bits per heavy atom. The van der Waals surface area contributed by atoms with Crippen LogP contribution in [-0.2, 0) is 16.1 Å². The minimum Gasteiger partial charge on any atom is -0.451 e. The van der Waals surface area contributed by atoms with Gasteiger partial charge in [0.2, 0.25) is 11.7 Å². The molecule has 5 rings (SSSR count). The van der Waals surface area contributed by atoms with Crippen molar-refractivity contribution in [3.8, 4) is 0 Å². The Bertz CT molecular complexity index is 1140. The number of nitrogens with one attached hydrogen (secondary N) is 1. The SMILES string of the molecule is Cc1ncc(CN2CCOCC2)c2cc(C(=O)c3cccc(NC(=O)C4CC4)c3)oc12. The fourth-order valence-electron chi connectivity index (χ4n) is 3.91. The van der Waals surface area contributed by atoms with Crippen LogP contribution in [0.1, 0.15) is 40.2 Å². The predicted molar refractivity (Wildman–Crippen MR) is 116 cm³/mol. The highest BCUT2D eigenvalue weighted by atomic mass is 16.5. The van der Waals surface area contributed by atoms with Crippen LogP contribution in [0.3, 0.4) is 0 Å². The number of morpholine rings is 1. The second kappa shape index (κ2) is 8.24. The average molecular weight is 419 g/mol. The van der Waals surface area contributed by atoms with Crippen molar-refractivity contribution in [3.05, 3.63) is 59.1 Å². The van der Waals surface area contributed by atoms with E-state index in [0.717, 1.165) is 62.3 Å². The zero-order valence-corrected chi connectivity index (χ0v) is 17.5. The molecule has 2 fully saturated rings. The third-order valence-corrected chi connectivity index (χ3v) is 5.88. The van der Waals surface area contributed by atoms with E-state index in [4.69, 9.17) is 9.15 Å². The van der Waals surface area contributed by atoms with Crippen LogP contribution in [-0.4, -0.2) is 47.9 Å². The van der Waals surface area contributed by atoms with E-state index in [1.165, 1.54) is 0 Å². The first-order chi connectivity index (χ1) is 15.1. The number of hydrogen-bond donors (Lipinski definition) is 1. The van der Waals surface area contributed by atoms with Gasteiger partial charge < -0.3 is 14.5 Å². The fraction of sp³-hybridized carbons (Fsp3) is 0.375. The van der Waals surface area contributed by atoms with Gasteiger partial charge in [-0.1, -0.05) is 12.1 Å². The molecule has 1 aromatic carbocycles. The molecule has 31 heavy (non-hydrogen) atoms. The van der Waals surface area contributed by atoms with E-state index in [1.807, 2.05) is 19.2 Å². The van der Waals surface area contributed by atoms with Gasteiger partial charge in [-0.2, -0.15) is 0 Å². The number of amides is 1. The molecule has 7 nitrogen and oxygen atoms in total. The van der Waals surface area contributed by atoms with E-state index in [2.05, 4.69) is 15.2 Å². The van der Waals surface area contributed by atoms with Gasteiger partial charge in [-0.15, -0.1) is 0 Å². The zero-order chi connectivity index (χ0) is 21.4. The van der Waals surface area contributed by atoms with Crippen molar-refractivity contribution in [1.82, 2.24) is 9.88 Å². The van der Waals surface area contributed by atoms with Gasteiger partial charge in [0.25, 0.3) is 0 Å². The lowest BCUT2D eigenvalue weighted by Crippen LogP contribution is -2.35. The Hall–Kier alpha value is -3.03. The van der Waals surface area contributed by atoms with Gasteiger partial charge in [0.15, 0.2) is 11.3 Å². The Kier molecular flexibility index (Phi) is 5.29. The Balaban J connectivity index is 1.42. The van der Waals surface area contributed by atoms with Crippen molar-refractivity contribution in [2.45, 2.75) is 26.3 Å². The number of fused-ring (bicyclic) bond motifs is 1. The molecule has 2 aromatic heterocycles. The molecule has 1 aliphatic carbocycles. The van der Waals surface area contributed by atoms with Gasteiger partial charge >= 0.3 is 0 Å².